The molecule has 0 bridgehead atoms. The van der Waals surface area contributed by atoms with E-state index in [0.29, 0.717) is 0 Å². The van der Waals surface area contributed by atoms with Gasteiger partial charge in [0.1, 0.15) is 5.69 Å². The van der Waals surface area contributed by atoms with Crippen LogP contribution in [0.25, 0.3) is 0 Å². The number of aromatic nitrogens is 2. The van der Waals surface area contributed by atoms with Gasteiger partial charge in [-0.15, -0.1) is 0 Å². The molecule has 0 aliphatic carbocycles. The monoisotopic (exact) mass is 235 g/mol. The average molecular weight is 235 g/mol. The van der Waals surface area contributed by atoms with Gasteiger partial charge in [0.25, 0.3) is 5.91 Å². The number of alkyl halides is 3. The van der Waals surface area contributed by atoms with Crippen molar-refractivity contribution in [3.8, 4) is 0 Å². The van der Waals surface area contributed by atoms with Crippen molar-refractivity contribution in [3.63, 3.8) is 0 Å². The summed E-state index contributed by atoms with van der Waals surface area (Å²) in [5.74, 6) is -0.590. The minimum Gasteiger partial charge on any atom is -0.350 e. The fourth-order valence-corrected chi connectivity index (χ4v) is 1.08. The first-order valence-electron chi connectivity index (χ1n) is 4.65. The fraction of sp³-hybridized carbons (Fsp3) is 0.556. The number of amides is 1. The van der Waals surface area contributed by atoms with Crippen LogP contribution in [0, 0.1) is 6.92 Å². The Morgan fingerprint density at radius 1 is 1.56 bits per heavy atom. The van der Waals surface area contributed by atoms with Gasteiger partial charge in [0, 0.05) is 19.3 Å². The predicted molar refractivity (Wildman–Crippen MR) is 51.0 cm³/mol. The molecule has 1 aromatic heterocycles. The van der Waals surface area contributed by atoms with Crippen LogP contribution >= 0.6 is 0 Å². The Kier molecular flexibility index (Phi) is 3.56. The second kappa shape index (κ2) is 4.54. The number of aryl methyl sites for hydroxylation is 2. The smallest absolute Gasteiger partial charge is 0.350 e. The van der Waals surface area contributed by atoms with E-state index in [0.717, 1.165) is 5.69 Å². The standard InChI is InChI=1S/C9H12F3N3O/c1-6-5-7(14-15(6)2)8(16)13-4-3-9(10,11)12/h5H,3-4H2,1-2H3,(H,13,16). The molecule has 0 aliphatic heterocycles. The van der Waals surface area contributed by atoms with Crippen LogP contribution in [-0.2, 0) is 7.05 Å². The van der Waals surface area contributed by atoms with Crippen LogP contribution in [0.1, 0.15) is 22.6 Å². The highest BCUT2D eigenvalue weighted by Gasteiger charge is 2.26. The van der Waals surface area contributed by atoms with Gasteiger partial charge in [-0.25, -0.2) is 0 Å². The second-order valence-corrected chi connectivity index (χ2v) is 3.42. The van der Waals surface area contributed by atoms with Gasteiger partial charge >= 0.3 is 6.18 Å². The predicted octanol–water partition coefficient (Wildman–Crippen LogP) is 1.41. The van der Waals surface area contributed by atoms with Gasteiger partial charge in [-0.3, -0.25) is 9.48 Å². The summed E-state index contributed by atoms with van der Waals surface area (Å²) in [7, 11) is 1.65. The summed E-state index contributed by atoms with van der Waals surface area (Å²) in [6.45, 7) is 1.32. The van der Waals surface area contributed by atoms with Gasteiger partial charge in [0.2, 0.25) is 0 Å². The number of rotatable bonds is 3. The Balaban J connectivity index is 2.47. The van der Waals surface area contributed by atoms with Crippen LogP contribution in [-0.4, -0.2) is 28.4 Å². The lowest BCUT2D eigenvalue weighted by Crippen LogP contribution is -2.28. The van der Waals surface area contributed by atoms with E-state index in [1.165, 1.54) is 10.7 Å². The molecule has 0 spiro atoms. The highest BCUT2D eigenvalue weighted by atomic mass is 19.4. The Morgan fingerprint density at radius 2 is 2.19 bits per heavy atom. The molecule has 0 saturated heterocycles. The molecular formula is C9H12F3N3O. The lowest BCUT2D eigenvalue weighted by atomic mass is 10.3. The number of hydrogen-bond donors (Lipinski definition) is 1. The summed E-state index contributed by atoms with van der Waals surface area (Å²) in [5.41, 5.74) is 0.892. The molecule has 0 unspecified atom stereocenters. The number of nitrogens with zero attached hydrogens (tertiary/aromatic N) is 2. The highest BCUT2D eigenvalue weighted by Crippen LogP contribution is 2.18. The molecule has 0 aliphatic rings. The molecule has 16 heavy (non-hydrogen) atoms. The number of carbonyl (C=O) groups is 1. The summed E-state index contributed by atoms with van der Waals surface area (Å²) < 4.78 is 36.9. The van der Waals surface area contributed by atoms with Crippen LogP contribution < -0.4 is 5.32 Å². The van der Waals surface area contributed by atoms with Crippen molar-refractivity contribution in [2.45, 2.75) is 19.5 Å². The van der Waals surface area contributed by atoms with Crippen molar-refractivity contribution in [2.75, 3.05) is 6.54 Å². The number of carbonyl (C=O) groups excluding carboxylic acids is 1. The quantitative estimate of drug-likeness (QED) is 0.861. The molecule has 0 saturated carbocycles. The minimum atomic E-state index is -4.26. The van der Waals surface area contributed by atoms with Crippen molar-refractivity contribution >= 4 is 5.91 Å². The lowest BCUT2D eigenvalue weighted by Gasteiger charge is -2.06. The van der Waals surface area contributed by atoms with E-state index in [2.05, 4.69) is 10.4 Å². The van der Waals surface area contributed by atoms with Crippen LogP contribution in [0.2, 0.25) is 0 Å². The first kappa shape index (κ1) is 12.5. The number of halogens is 3. The summed E-state index contributed by atoms with van der Waals surface area (Å²) in [5, 5.41) is 6.01. The number of nitrogens with one attached hydrogen (secondary N) is 1. The molecule has 1 heterocycles. The highest BCUT2D eigenvalue weighted by molar-refractivity contribution is 5.92. The summed E-state index contributed by atoms with van der Waals surface area (Å²) in [6, 6.07) is 1.52. The van der Waals surface area contributed by atoms with Gasteiger partial charge in [0.05, 0.1) is 6.42 Å². The van der Waals surface area contributed by atoms with Gasteiger partial charge in [0.15, 0.2) is 0 Å². The molecule has 1 amide bonds. The molecule has 0 fully saturated rings. The minimum absolute atomic E-state index is 0.127. The normalized spacial score (nSPS) is 11.6. The zero-order chi connectivity index (χ0) is 12.3. The van der Waals surface area contributed by atoms with E-state index in [1.807, 2.05) is 0 Å². The Hall–Kier alpha value is -1.53. The van der Waals surface area contributed by atoms with E-state index < -0.39 is 25.0 Å². The molecular weight excluding hydrogens is 223 g/mol. The van der Waals surface area contributed by atoms with Crippen molar-refractivity contribution in [1.29, 1.82) is 0 Å². The van der Waals surface area contributed by atoms with Gasteiger partial charge < -0.3 is 5.32 Å². The molecule has 0 atom stereocenters. The second-order valence-electron chi connectivity index (χ2n) is 3.42. The Labute approximate surface area is 90.4 Å². The molecule has 7 heteroatoms. The fourth-order valence-electron chi connectivity index (χ4n) is 1.08. The third kappa shape index (κ3) is 3.56. The first-order valence-corrected chi connectivity index (χ1v) is 4.65. The summed E-state index contributed by atoms with van der Waals surface area (Å²) >= 11 is 0. The molecule has 1 rings (SSSR count). The zero-order valence-corrected chi connectivity index (χ0v) is 8.93. The average Bonchev–Trinajstić information content (AvgIpc) is 2.45. The first-order chi connectivity index (χ1) is 7.29. The number of hydrogen-bond acceptors (Lipinski definition) is 2. The maximum atomic E-state index is 11.8. The van der Waals surface area contributed by atoms with Crippen LogP contribution in [0.3, 0.4) is 0 Å². The summed E-state index contributed by atoms with van der Waals surface area (Å²) in [6.07, 6.45) is -5.29. The molecule has 1 aromatic rings. The van der Waals surface area contributed by atoms with Crippen molar-refractivity contribution < 1.29 is 18.0 Å². The molecule has 90 valence electrons. The van der Waals surface area contributed by atoms with Crippen molar-refractivity contribution in [1.82, 2.24) is 15.1 Å². The lowest BCUT2D eigenvalue weighted by molar-refractivity contribution is -0.132. The zero-order valence-electron chi connectivity index (χ0n) is 8.93. The van der Waals surface area contributed by atoms with Crippen molar-refractivity contribution in [2.24, 2.45) is 7.05 Å². The topological polar surface area (TPSA) is 46.9 Å². The summed E-state index contributed by atoms with van der Waals surface area (Å²) in [4.78, 5) is 11.3. The maximum absolute atomic E-state index is 11.8. The van der Waals surface area contributed by atoms with E-state index in [-0.39, 0.29) is 5.69 Å². The van der Waals surface area contributed by atoms with E-state index in [9.17, 15) is 18.0 Å². The third-order valence-corrected chi connectivity index (χ3v) is 2.04. The van der Waals surface area contributed by atoms with Crippen LogP contribution in [0.4, 0.5) is 13.2 Å². The van der Waals surface area contributed by atoms with Crippen LogP contribution in [0.5, 0.6) is 0 Å². The molecule has 0 radical (unpaired) electrons. The third-order valence-electron chi connectivity index (χ3n) is 2.04. The van der Waals surface area contributed by atoms with E-state index in [4.69, 9.17) is 0 Å². The molecule has 0 aromatic carbocycles. The molecule has 1 N–H and O–H groups in total. The SMILES string of the molecule is Cc1cc(C(=O)NCCC(F)(F)F)nn1C. The van der Waals surface area contributed by atoms with Gasteiger partial charge in [-0.1, -0.05) is 0 Å². The largest absolute Gasteiger partial charge is 0.390 e. The maximum Gasteiger partial charge on any atom is 0.390 e. The van der Waals surface area contributed by atoms with E-state index in [1.54, 1.807) is 14.0 Å². The van der Waals surface area contributed by atoms with Gasteiger partial charge in [-0.2, -0.15) is 18.3 Å². The Morgan fingerprint density at radius 3 is 2.62 bits per heavy atom. The van der Waals surface area contributed by atoms with E-state index >= 15 is 0 Å². The molecule has 4 nitrogen and oxygen atoms in total. The van der Waals surface area contributed by atoms with Gasteiger partial charge in [-0.05, 0) is 13.0 Å². The van der Waals surface area contributed by atoms with Crippen LogP contribution in [0.15, 0.2) is 6.07 Å². The van der Waals surface area contributed by atoms with Crippen molar-refractivity contribution in [3.05, 3.63) is 17.5 Å². The Bertz CT molecular complexity index is 364.